The van der Waals surface area contributed by atoms with Crippen molar-refractivity contribution >= 4 is 11.8 Å². The second kappa shape index (κ2) is 6.30. The van der Waals surface area contributed by atoms with E-state index in [0.29, 0.717) is 6.42 Å². The molecule has 3 aliphatic rings. The molecule has 3 rings (SSSR count). The van der Waals surface area contributed by atoms with Crippen LogP contribution < -0.4 is 0 Å². The van der Waals surface area contributed by atoms with Gasteiger partial charge in [0.2, 0.25) is 0 Å². The monoisotopic (exact) mass is 292 g/mol. The summed E-state index contributed by atoms with van der Waals surface area (Å²) >= 11 is 0. The molecule has 0 radical (unpaired) electrons. The topological polar surface area (TPSA) is 52.6 Å². The molecule has 4 nitrogen and oxygen atoms in total. The molecular weight excluding hydrogens is 268 g/mol. The van der Waals surface area contributed by atoms with Crippen LogP contribution in [0.5, 0.6) is 0 Å². The molecule has 0 spiro atoms. The first-order chi connectivity index (χ1) is 10.2. The zero-order chi connectivity index (χ0) is 14.7. The molecule has 0 heterocycles. The van der Waals surface area contributed by atoms with Gasteiger partial charge >= 0.3 is 5.97 Å². The minimum atomic E-state index is -0.991. The zero-order valence-electron chi connectivity index (χ0n) is 12.5. The van der Waals surface area contributed by atoms with Gasteiger partial charge < -0.3 is 9.47 Å². The van der Waals surface area contributed by atoms with Crippen LogP contribution in [0.1, 0.15) is 57.8 Å². The fourth-order valence-corrected chi connectivity index (χ4v) is 3.77. The van der Waals surface area contributed by atoms with Crippen molar-refractivity contribution < 1.29 is 19.1 Å². The minimum absolute atomic E-state index is 0.0125. The van der Waals surface area contributed by atoms with Crippen LogP contribution in [0.25, 0.3) is 0 Å². The third-order valence-corrected chi connectivity index (χ3v) is 5.15. The molecule has 2 saturated carbocycles. The smallest absolute Gasteiger partial charge is 0.325 e. The van der Waals surface area contributed by atoms with Crippen LogP contribution in [0.15, 0.2) is 12.2 Å². The predicted octanol–water partition coefficient (Wildman–Crippen LogP) is 3.15. The van der Waals surface area contributed by atoms with Crippen molar-refractivity contribution in [1.29, 1.82) is 0 Å². The number of ether oxygens (including phenoxy) is 2. The van der Waals surface area contributed by atoms with E-state index in [1.165, 1.54) is 32.1 Å². The van der Waals surface area contributed by atoms with Gasteiger partial charge in [-0.25, -0.2) is 0 Å². The van der Waals surface area contributed by atoms with Crippen LogP contribution in [0.4, 0.5) is 0 Å². The van der Waals surface area contributed by atoms with Crippen molar-refractivity contribution in [2.45, 2.75) is 63.9 Å². The zero-order valence-corrected chi connectivity index (χ0v) is 12.5. The molecule has 2 fully saturated rings. The highest BCUT2D eigenvalue weighted by Gasteiger charge is 2.55. The summed E-state index contributed by atoms with van der Waals surface area (Å²) in [5.74, 6) is -0.475. The number of hydrogen-bond acceptors (Lipinski definition) is 4. The van der Waals surface area contributed by atoms with E-state index in [2.05, 4.69) is 0 Å². The third kappa shape index (κ3) is 2.91. The van der Waals surface area contributed by atoms with Gasteiger partial charge in [-0.3, -0.25) is 9.59 Å². The number of allylic oxidation sites excluding steroid dienone is 1. The van der Waals surface area contributed by atoms with E-state index in [4.69, 9.17) is 9.47 Å². The summed E-state index contributed by atoms with van der Waals surface area (Å²) in [6.45, 7) is -0.0168. The molecule has 3 aliphatic carbocycles. The molecule has 0 amide bonds. The van der Waals surface area contributed by atoms with Crippen LogP contribution in [-0.4, -0.2) is 24.6 Å². The normalized spacial score (nSPS) is 33.0. The maximum absolute atomic E-state index is 12.2. The largest absolute Gasteiger partial charge is 0.437 e. The first-order valence-electron chi connectivity index (χ1n) is 8.25. The molecule has 0 N–H and O–H groups in total. The molecule has 116 valence electrons. The third-order valence-electron chi connectivity index (χ3n) is 5.15. The minimum Gasteiger partial charge on any atom is -0.437 e. The van der Waals surface area contributed by atoms with Crippen LogP contribution in [0, 0.1) is 11.3 Å². The maximum atomic E-state index is 12.2. The number of carbonyl (C=O) groups excluding carboxylic acids is 2. The van der Waals surface area contributed by atoms with Crippen LogP contribution >= 0.6 is 0 Å². The first-order valence-corrected chi connectivity index (χ1v) is 8.25. The Bertz CT molecular complexity index is 434. The molecule has 2 unspecified atom stereocenters. The summed E-state index contributed by atoms with van der Waals surface area (Å²) in [5, 5.41) is 0. The number of rotatable bonds is 4. The van der Waals surface area contributed by atoms with Crippen molar-refractivity contribution in [2.75, 3.05) is 6.79 Å². The lowest BCUT2D eigenvalue weighted by Gasteiger charge is -2.22. The highest BCUT2D eigenvalue weighted by atomic mass is 16.7. The highest BCUT2D eigenvalue weighted by Crippen LogP contribution is 2.46. The summed E-state index contributed by atoms with van der Waals surface area (Å²) in [7, 11) is 0. The Morgan fingerprint density at radius 2 is 1.86 bits per heavy atom. The van der Waals surface area contributed by atoms with Crippen molar-refractivity contribution in [1.82, 2.24) is 0 Å². The molecule has 0 aromatic rings. The van der Waals surface area contributed by atoms with E-state index in [9.17, 15) is 9.59 Å². The van der Waals surface area contributed by atoms with Gasteiger partial charge in [0.1, 0.15) is 5.41 Å². The van der Waals surface area contributed by atoms with Crippen LogP contribution in [-0.2, 0) is 19.1 Å². The maximum Gasteiger partial charge on any atom is 0.325 e. The Labute approximate surface area is 125 Å². The second-order valence-electron chi connectivity index (χ2n) is 6.52. The predicted molar refractivity (Wildman–Crippen MR) is 77.5 cm³/mol. The SMILES string of the molecule is O=C(OCOC1CCCCCCC1)C12C=CC(CC1)C2=O. The quantitative estimate of drug-likeness (QED) is 0.346. The Kier molecular flexibility index (Phi) is 4.43. The Hall–Kier alpha value is -1.16. The second-order valence-corrected chi connectivity index (χ2v) is 6.52. The molecule has 21 heavy (non-hydrogen) atoms. The van der Waals surface area contributed by atoms with Gasteiger partial charge in [0.15, 0.2) is 12.6 Å². The molecule has 0 aromatic carbocycles. The molecule has 2 atom stereocenters. The molecule has 4 heteroatoms. The summed E-state index contributed by atoms with van der Waals surface area (Å²) in [6.07, 6.45) is 13.5. The Balaban J connectivity index is 1.46. The van der Waals surface area contributed by atoms with Crippen molar-refractivity contribution in [3.8, 4) is 0 Å². The van der Waals surface area contributed by atoms with Gasteiger partial charge in [0.05, 0.1) is 6.10 Å². The van der Waals surface area contributed by atoms with E-state index in [1.54, 1.807) is 6.08 Å². The lowest BCUT2D eigenvalue weighted by atomic mass is 9.87. The van der Waals surface area contributed by atoms with Gasteiger partial charge in [-0.05, 0) is 25.7 Å². The van der Waals surface area contributed by atoms with E-state index < -0.39 is 11.4 Å². The van der Waals surface area contributed by atoms with E-state index in [1.807, 2.05) is 6.08 Å². The van der Waals surface area contributed by atoms with Crippen LogP contribution in [0.2, 0.25) is 0 Å². The summed E-state index contributed by atoms with van der Waals surface area (Å²) in [6, 6.07) is 0. The number of carbonyl (C=O) groups is 2. The van der Waals surface area contributed by atoms with E-state index in [0.717, 1.165) is 19.3 Å². The summed E-state index contributed by atoms with van der Waals surface area (Å²) in [5.41, 5.74) is -0.991. The van der Waals surface area contributed by atoms with Gasteiger partial charge in [-0.1, -0.05) is 44.3 Å². The number of Topliss-reactive ketones (excluding diaryl/α,β-unsaturated/α-hetero) is 1. The molecule has 0 aromatic heterocycles. The lowest BCUT2D eigenvalue weighted by Crippen LogP contribution is -2.34. The number of fused-ring (bicyclic) bond motifs is 2. The fraction of sp³-hybridized carbons (Fsp3) is 0.765. The van der Waals surface area contributed by atoms with Gasteiger partial charge in [-0.2, -0.15) is 0 Å². The molecule has 0 saturated heterocycles. The number of ketones is 1. The Morgan fingerprint density at radius 3 is 2.43 bits per heavy atom. The van der Waals surface area contributed by atoms with Crippen molar-refractivity contribution in [2.24, 2.45) is 11.3 Å². The van der Waals surface area contributed by atoms with Crippen LogP contribution in [0.3, 0.4) is 0 Å². The van der Waals surface area contributed by atoms with Gasteiger partial charge in [-0.15, -0.1) is 0 Å². The Morgan fingerprint density at radius 1 is 1.14 bits per heavy atom. The van der Waals surface area contributed by atoms with E-state index >= 15 is 0 Å². The average Bonchev–Trinajstić information content (AvgIpc) is 2.95. The molecular formula is C17H24O4. The van der Waals surface area contributed by atoms with Crippen molar-refractivity contribution in [3.63, 3.8) is 0 Å². The van der Waals surface area contributed by atoms with Gasteiger partial charge in [0, 0.05) is 5.92 Å². The van der Waals surface area contributed by atoms with Gasteiger partial charge in [0.25, 0.3) is 0 Å². The van der Waals surface area contributed by atoms with Crippen molar-refractivity contribution in [3.05, 3.63) is 12.2 Å². The number of esters is 1. The van der Waals surface area contributed by atoms with E-state index in [-0.39, 0.29) is 24.6 Å². The summed E-state index contributed by atoms with van der Waals surface area (Å²) in [4.78, 5) is 24.3. The average molecular weight is 292 g/mol. The first kappa shape index (κ1) is 14.8. The fourth-order valence-electron chi connectivity index (χ4n) is 3.77. The lowest BCUT2D eigenvalue weighted by molar-refractivity contribution is -0.171. The standard InChI is InChI=1S/C17H24O4/c18-15-13-8-10-17(15,11-9-13)16(19)21-12-20-14-6-4-2-1-3-5-7-14/h8,10,13-14H,1-7,9,11-12H2. The number of hydrogen-bond donors (Lipinski definition) is 0. The molecule has 2 bridgehead atoms. The summed E-state index contributed by atoms with van der Waals surface area (Å²) < 4.78 is 11.0. The molecule has 0 aliphatic heterocycles. The highest BCUT2D eigenvalue weighted by molar-refractivity contribution is 6.11.